The fraction of sp³-hybridized carbons (Fsp3) is 0. The average molecular weight is 305 g/mol. The Kier molecular flexibility index (Phi) is 3.84. The molecule has 0 atom stereocenters. The molecule has 0 saturated heterocycles. The van der Waals surface area contributed by atoms with Gasteiger partial charge in [-0.2, -0.15) is 0 Å². The van der Waals surface area contributed by atoms with Gasteiger partial charge in [0.2, 0.25) is 0 Å². The summed E-state index contributed by atoms with van der Waals surface area (Å²) in [4.78, 5) is 14.7. The van der Waals surface area contributed by atoms with E-state index >= 15 is 0 Å². The number of aromatic nitrogens is 1. The first-order valence-corrected chi connectivity index (χ1v) is 5.98. The minimum atomic E-state index is -0.393. The first-order chi connectivity index (χ1) is 8.66. The van der Waals surface area contributed by atoms with Gasteiger partial charge in [-0.25, -0.2) is 0 Å². The van der Waals surface area contributed by atoms with Gasteiger partial charge in [0.1, 0.15) is 0 Å². The summed E-state index contributed by atoms with van der Waals surface area (Å²) in [5, 5.41) is 11.1. The molecule has 0 fully saturated rings. The van der Waals surface area contributed by atoms with Crippen molar-refractivity contribution in [3.63, 3.8) is 0 Å². The zero-order chi connectivity index (χ0) is 13.0. The predicted molar refractivity (Wildman–Crippen MR) is 73.2 cm³/mol. The van der Waals surface area contributed by atoms with Crippen molar-refractivity contribution in [3.05, 3.63) is 74.5 Å². The lowest BCUT2D eigenvalue weighted by atomic mass is 10.1. The lowest BCUT2D eigenvalue weighted by Crippen LogP contribution is -1.97. The smallest absolute Gasteiger partial charge is 0.263 e. The second-order valence-corrected chi connectivity index (χ2v) is 4.50. The summed E-state index contributed by atoms with van der Waals surface area (Å²) in [5.74, 6) is 0. The number of rotatable bonds is 3. The summed E-state index contributed by atoms with van der Waals surface area (Å²) in [6, 6.07) is 10.6. The second kappa shape index (κ2) is 5.55. The van der Waals surface area contributed by atoms with Gasteiger partial charge >= 0.3 is 0 Å². The SMILES string of the molecule is O=[N+]([O-])/C(=C/c1cncc(Br)c1)c1ccccc1. The molecule has 90 valence electrons. The highest BCUT2D eigenvalue weighted by Gasteiger charge is 2.13. The minimum Gasteiger partial charge on any atom is -0.263 e. The van der Waals surface area contributed by atoms with Crippen LogP contribution in [-0.2, 0) is 0 Å². The van der Waals surface area contributed by atoms with E-state index in [0.29, 0.717) is 11.1 Å². The summed E-state index contributed by atoms with van der Waals surface area (Å²) in [6.07, 6.45) is 4.72. The van der Waals surface area contributed by atoms with E-state index in [4.69, 9.17) is 0 Å². The predicted octanol–water partition coefficient (Wildman–Crippen LogP) is 3.62. The maximum absolute atomic E-state index is 11.1. The molecule has 0 unspecified atom stereocenters. The van der Waals surface area contributed by atoms with Crippen LogP contribution in [0.4, 0.5) is 0 Å². The highest BCUT2D eigenvalue weighted by molar-refractivity contribution is 9.10. The molecule has 18 heavy (non-hydrogen) atoms. The summed E-state index contributed by atoms with van der Waals surface area (Å²) in [5.41, 5.74) is 1.30. The van der Waals surface area contributed by atoms with Crippen molar-refractivity contribution < 1.29 is 4.92 Å². The summed E-state index contributed by atoms with van der Waals surface area (Å²) in [6.45, 7) is 0. The molecular weight excluding hydrogens is 296 g/mol. The van der Waals surface area contributed by atoms with Gasteiger partial charge in [0.05, 0.1) is 10.5 Å². The molecule has 1 aromatic carbocycles. The van der Waals surface area contributed by atoms with Crippen LogP contribution in [-0.4, -0.2) is 9.91 Å². The highest BCUT2D eigenvalue weighted by atomic mass is 79.9. The first-order valence-electron chi connectivity index (χ1n) is 5.19. The lowest BCUT2D eigenvalue weighted by molar-refractivity contribution is -0.374. The molecule has 0 saturated carbocycles. The first kappa shape index (κ1) is 12.4. The van der Waals surface area contributed by atoms with Crippen molar-refractivity contribution in [3.8, 4) is 0 Å². The van der Waals surface area contributed by atoms with Gasteiger partial charge in [0.15, 0.2) is 0 Å². The molecule has 1 heterocycles. The lowest BCUT2D eigenvalue weighted by Gasteiger charge is -1.99. The molecule has 2 rings (SSSR count). The molecule has 0 aliphatic rings. The van der Waals surface area contributed by atoms with Gasteiger partial charge in [-0.3, -0.25) is 15.1 Å². The maximum Gasteiger partial charge on any atom is 0.277 e. The number of nitro groups is 1. The Balaban J connectivity index is 2.46. The van der Waals surface area contributed by atoms with Crippen molar-refractivity contribution in [1.29, 1.82) is 0 Å². The standard InChI is InChI=1S/C13H9BrN2O2/c14-12-6-10(8-15-9-12)7-13(16(17)18)11-4-2-1-3-5-11/h1-9H/b13-7+. The van der Waals surface area contributed by atoms with Crippen LogP contribution in [0.1, 0.15) is 11.1 Å². The molecule has 1 aromatic heterocycles. The van der Waals surface area contributed by atoms with E-state index < -0.39 is 4.92 Å². The molecule has 2 aromatic rings. The Hall–Kier alpha value is -2.01. The Labute approximate surface area is 112 Å². The average Bonchev–Trinajstić information content (AvgIpc) is 2.37. The largest absolute Gasteiger partial charge is 0.277 e. The molecule has 0 aliphatic carbocycles. The Morgan fingerprint density at radius 1 is 1.28 bits per heavy atom. The third-order valence-corrected chi connectivity index (χ3v) is 2.73. The number of hydrogen-bond acceptors (Lipinski definition) is 3. The summed E-state index contributed by atoms with van der Waals surface area (Å²) < 4.78 is 0.784. The van der Waals surface area contributed by atoms with Crippen LogP contribution in [0, 0.1) is 10.1 Å². The fourth-order valence-corrected chi connectivity index (χ4v) is 1.90. The summed E-state index contributed by atoms with van der Waals surface area (Å²) >= 11 is 3.28. The molecule has 0 radical (unpaired) electrons. The van der Waals surface area contributed by atoms with Crippen LogP contribution in [0.3, 0.4) is 0 Å². The van der Waals surface area contributed by atoms with E-state index in [1.54, 1.807) is 42.7 Å². The van der Waals surface area contributed by atoms with Gasteiger partial charge in [-0.1, -0.05) is 18.2 Å². The third-order valence-electron chi connectivity index (χ3n) is 2.30. The van der Waals surface area contributed by atoms with Gasteiger partial charge in [0.25, 0.3) is 5.70 Å². The van der Waals surface area contributed by atoms with Crippen molar-refractivity contribution in [1.82, 2.24) is 4.98 Å². The monoisotopic (exact) mass is 304 g/mol. The quantitative estimate of drug-likeness (QED) is 0.643. The molecule has 0 spiro atoms. The van der Waals surface area contributed by atoms with E-state index in [1.807, 2.05) is 6.07 Å². The van der Waals surface area contributed by atoms with Crippen molar-refractivity contribution in [2.75, 3.05) is 0 Å². The Morgan fingerprint density at radius 3 is 2.61 bits per heavy atom. The number of nitrogens with zero attached hydrogens (tertiary/aromatic N) is 2. The molecule has 5 heteroatoms. The van der Waals surface area contributed by atoms with Crippen LogP contribution in [0.15, 0.2) is 53.3 Å². The van der Waals surface area contributed by atoms with Crippen LogP contribution < -0.4 is 0 Å². The fourth-order valence-electron chi connectivity index (χ4n) is 1.52. The summed E-state index contributed by atoms with van der Waals surface area (Å²) in [7, 11) is 0. The zero-order valence-corrected chi connectivity index (χ0v) is 10.9. The van der Waals surface area contributed by atoms with E-state index in [-0.39, 0.29) is 5.70 Å². The zero-order valence-electron chi connectivity index (χ0n) is 9.29. The number of benzene rings is 1. The van der Waals surface area contributed by atoms with E-state index in [2.05, 4.69) is 20.9 Å². The van der Waals surface area contributed by atoms with Gasteiger partial charge in [-0.15, -0.1) is 0 Å². The van der Waals surface area contributed by atoms with Crippen molar-refractivity contribution >= 4 is 27.7 Å². The Bertz CT molecular complexity index is 597. The van der Waals surface area contributed by atoms with E-state index in [9.17, 15) is 10.1 Å². The van der Waals surface area contributed by atoms with Crippen LogP contribution in [0.5, 0.6) is 0 Å². The van der Waals surface area contributed by atoms with Gasteiger partial charge in [-0.05, 0) is 34.1 Å². The normalized spacial score (nSPS) is 11.3. The van der Waals surface area contributed by atoms with E-state index in [0.717, 1.165) is 4.47 Å². The van der Waals surface area contributed by atoms with E-state index in [1.165, 1.54) is 6.08 Å². The highest BCUT2D eigenvalue weighted by Crippen LogP contribution is 2.19. The number of halogens is 1. The van der Waals surface area contributed by atoms with Crippen molar-refractivity contribution in [2.24, 2.45) is 0 Å². The van der Waals surface area contributed by atoms with Crippen molar-refractivity contribution in [2.45, 2.75) is 0 Å². The van der Waals surface area contributed by atoms with Gasteiger partial charge < -0.3 is 0 Å². The minimum absolute atomic E-state index is 0.0514. The molecule has 0 bridgehead atoms. The number of pyridine rings is 1. The van der Waals surface area contributed by atoms with Crippen LogP contribution >= 0.6 is 15.9 Å². The maximum atomic E-state index is 11.1. The molecule has 0 amide bonds. The van der Waals surface area contributed by atoms with Crippen LogP contribution in [0.2, 0.25) is 0 Å². The second-order valence-electron chi connectivity index (χ2n) is 3.59. The molecule has 0 N–H and O–H groups in total. The molecule has 4 nitrogen and oxygen atoms in total. The topological polar surface area (TPSA) is 56.0 Å². The Morgan fingerprint density at radius 2 is 2.00 bits per heavy atom. The van der Waals surface area contributed by atoms with Crippen LogP contribution in [0.25, 0.3) is 11.8 Å². The van der Waals surface area contributed by atoms with Gasteiger partial charge in [0, 0.05) is 28.5 Å². The third kappa shape index (κ3) is 3.01. The molecule has 0 aliphatic heterocycles. The number of hydrogen-bond donors (Lipinski definition) is 0. The molecular formula is C13H9BrN2O2.